The van der Waals surface area contributed by atoms with E-state index in [1.807, 2.05) is 35.9 Å². The first-order chi connectivity index (χ1) is 9.29. The monoisotopic (exact) mass is 276 g/mol. The molecule has 0 amide bonds. The normalized spacial score (nSPS) is 16.5. The zero-order valence-electron chi connectivity index (χ0n) is 10.7. The molecule has 2 aromatic rings. The predicted octanol–water partition coefficient (Wildman–Crippen LogP) is 2.60. The fraction of sp³-hybridized carbons (Fsp3) is 0.462. The number of benzene rings is 1. The zero-order valence-corrected chi connectivity index (χ0v) is 11.5. The first-order valence-electron chi connectivity index (χ1n) is 6.52. The van der Waals surface area contributed by atoms with Crippen LogP contribution in [0.25, 0.3) is 0 Å². The summed E-state index contributed by atoms with van der Waals surface area (Å²) >= 11 is 1.53. The third-order valence-electron chi connectivity index (χ3n) is 3.22. The van der Waals surface area contributed by atoms with Crippen LogP contribution >= 0.6 is 11.8 Å². The van der Waals surface area contributed by atoms with Gasteiger partial charge in [-0.25, -0.2) is 4.68 Å². The number of hydrogen-bond donors (Lipinski definition) is 1. The van der Waals surface area contributed by atoms with Crippen LogP contribution in [0, 0.1) is 0 Å². The summed E-state index contributed by atoms with van der Waals surface area (Å²) in [6.45, 7) is 1.97. The molecule has 1 atom stereocenters. The zero-order chi connectivity index (χ0) is 13.2. The average Bonchev–Trinajstić information content (AvgIpc) is 3.19. The van der Waals surface area contributed by atoms with Crippen molar-refractivity contribution >= 4 is 11.8 Å². The largest absolute Gasteiger partial charge is 0.388 e. The van der Waals surface area contributed by atoms with E-state index < -0.39 is 6.10 Å². The first-order valence-corrected chi connectivity index (χ1v) is 7.34. The summed E-state index contributed by atoms with van der Waals surface area (Å²) in [7, 11) is 0. The van der Waals surface area contributed by atoms with Crippen LogP contribution in [0.4, 0.5) is 0 Å². The van der Waals surface area contributed by atoms with Crippen molar-refractivity contribution in [3.8, 4) is 0 Å². The van der Waals surface area contributed by atoms with E-state index in [0.717, 1.165) is 28.5 Å². The lowest BCUT2D eigenvalue weighted by Gasteiger charge is -2.13. The van der Waals surface area contributed by atoms with Crippen LogP contribution < -0.4 is 0 Å². The number of nitrogens with zero attached hydrogens (tertiary/aromatic N) is 4. The highest BCUT2D eigenvalue weighted by Gasteiger charge is 2.28. The van der Waals surface area contributed by atoms with Crippen molar-refractivity contribution in [3.63, 3.8) is 0 Å². The Balaban J connectivity index is 1.88. The summed E-state index contributed by atoms with van der Waals surface area (Å²) in [6.07, 6.45) is 2.56. The van der Waals surface area contributed by atoms with Crippen LogP contribution in [0.5, 0.6) is 0 Å². The van der Waals surface area contributed by atoms with Crippen molar-refractivity contribution in [3.05, 3.63) is 29.8 Å². The van der Waals surface area contributed by atoms with Crippen molar-refractivity contribution in [1.29, 1.82) is 0 Å². The van der Waals surface area contributed by atoms with E-state index in [2.05, 4.69) is 15.5 Å². The maximum atomic E-state index is 10.1. The molecule has 1 unspecified atom stereocenters. The molecular weight excluding hydrogens is 260 g/mol. The van der Waals surface area contributed by atoms with Gasteiger partial charge in [0, 0.05) is 4.90 Å². The lowest BCUT2D eigenvalue weighted by atomic mass is 10.1. The average molecular weight is 276 g/mol. The van der Waals surface area contributed by atoms with Crippen molar-refractivity contribution in [2.45, 2.75) is 48.4 Å². The van der Waals surface area contributed by atoms with Gasteiger partial charge in [0.15, 0.2) is 0 Å². The summed E-state index contributed by atoms with van der Waals surface area (Å²) in [4.78, 5) is 1.02. The second-order valence-electron chi connectivity index (χ2n) is 4.70. The molecule has 0 aliphatic heterocycles. The fourth-order valence-corrected chi connectivity index (χ4v) is 2.99. The summed E-state index contributed by atoms with van der Waals surface area (Å²) in [5.41, 5.74) is 0.945. The molecule has 1 saturated carbocycles. The highest BCUT2D eigenvalue weighted by molar-refractivity contribution is 7.99. The SMILES string of the molecule is CCC(O)c1ccccc1Sc1nnnn1C1CC1. The van der Waals surface area contributed by atoms with Gasteiger partial charge in [-0.2, -0.15) is 0 Å². The van der Waals surface area contributed by atoms with Gasteiger partial charge in [0.05, 0.1) is 12.1 Å². The van der Waals surface area contributed by atoms with Crippen molar-refractivity contribution in [2.75, 3.05) is 0 Å². The molecule has 0 bridgehead atoms. The Hall–Kier alpha value is -1.40. The van der Waals surface area contributed by atoms with Crippen LogP contribution in [0.2, 0.25) is 0 Å². The summed E-state index contributed by atoms with van der Waals surface area (Å²) in [6, 6.07) is 8.34. The number of aliphatic hydroxyl groups is 1. The molecule has 1 N–H and O–H groups in total. The summed E-state index contributed by atoms with van der Waals surface area (Å²) in [5, 5.41) is 22.7. The van der Waals surface area contributed by atoms with Gasteiger partial charge in [-0.1, -0.05) is 25.1 Å². The Labute approximate surface area is 116 Å². The first kappa shape index (κ1) is 12.6. The van der Waals surface area contributed by atoms with Crippen molar-refractivity contribution in [1.82, 2.24) is 20.2 Å². The number of rotatable bonds is 5. The summed E-state index contributed by atoms with van der Waals surface area (Å²) in [5.74, 6) is 0. The molecule has 6 heteroatoms. The Morgan fingerprint density at radius 3 is 2.95 bits per heavy atom. The molecule has 100 valence electrons. The third kappa shape index (κ3) is 2.64. The van der Waals surface area contributed by atoms with Gasteiger partial charge >= 0.3 is 0 Å². The van der Waals surface area contributed by atoms with Crippen LogP contribution in [0.1, 0.15) is 43.9 Å². The van der Waals surface area contributed by atoms with E-state index in [1.165, 1.54) is 11.8 Å². The van der Waals surface area contributed by atoms with Crippen molar-refractivity contribution < 1.29 is 5.11 Å². The molecular formula is C13H16N4OS. The van der Waals surface area contributed by atoms with Gasteiger partial charge < -0.3 is 5.11 Å². The Bertz CT molecular complexity index is 567. The standard InChI is InChI=1S/C13H16N4OS/c1-2-11(18)10-5-3-4-6-12(10)19-13-14-15-16-17(13)9-7-8-9/h3-6,9,11,18H,2,7-8H2,1H3. The molecule has 1 aromatic carbocycles. The van der Waals surface area contributed by atoms with Gasteiger partial charge in [0.1, 0.15) is 0 Å². The highest BCUT2D eigenvalue weighted by Crippen LogP contribution is 2.39. The molecule has 1 aliphatic rings. The smallest absolute Gasteiger partial charge is 0.214 e. The van der Waals surface area contributed by atoms with Crippen LogP contribution in [0.3, 0.4) is 0 Å². The minimum Gasteiger partial charge on any atom is -0.388 e. The highest BCUT2D eigenvalue weighted by atomic mass is 32.2. The van der Waals surface area contributed by atoms with E-state index >= 15 is 0 Å². The van der Waals surface area contributed by atoms with E-state index in [1.54, 1.807) is 0 Å². The molecule has 1 aromatic heterocycles. The topological polar surface area (TPSA) is 63.8 Å². The van der Waals surface area contributed by atoms with Gasteiger partial charge in [-0.3, -0.25) is 0 Å². The lowest BCUT2D eigenvalue weighted by Crippen LogP contribution is -2.00. The van der Waals surface area contributed by atoms with E-state index in [9.17, 15) is 5.11 Å². The number of aromatic nitrogens is 4. The van der Waals surface area contributed by atoms with Crippen LogP contribution in [-0.4, -0.2) is 25.3 Å². The molecule has 0 radical (unpaired) electrons. The minimum atomic E-state index is -0.436. The van der Waals surface area contributed by atoms with Gasteiger partial charge in [0.25, 0.3) is 0 Å². The third-order valence-corrected chi connectivity index (χ3v) is 4.26. The molecule has 1 fully saturated rings. The van der Waals surface area contributed by atoms with Crippen molar-refractivity contribution in [2.24, 2.45) is 0 Å². The second kappa shape index (κ2) is 5.30. The molecule has 3 rings (SSSR count). The van der Waals surface area contributed by atoms with Crippen LogP contribution in [-0.2, 0) is 0 Å². The number of tetrazole rings is 1. The van der Waals surface area contributed by atoms with Gasteiger partial charge in [0.2, 0.25) is 5.16 Å². The van der Waals surface area contributed by atoms with E-state index in [-0.39, 0.29) is 0 Å². The molecule has 0 saturated heterocycles. The lowest BCUT2D eigenvalue weighted by molar-refractivity contribution is 0.171. The second-order valence-corrected chi connectivity index (χ2v) is 5.71. The Morgan fingerprint density at radius 2 is 2.21 bits per heavy atom. The molecule has 1 heterocycles. The van der Waals surface area contributed by atoms with E-state index in [4.69, 9.17) is 0 Å². The van der Waals surface area contributed by atoms with Gasteiger partial charge in [-0.15, -0.1) is 5.10 Å². The molecule has 1 aliphatic carbocycles. The molecule has 0 spiro atoms. The van der Waals surface area contributed by atoms with Gasteiger partial charge in [-0.05, 0) is 53.1 Å². The molecule has 5 nitrogen and oxygen atoms in total. The van der Waals surface area contributed by atoms with E-state index in [0.29, 0.717) is 12.5 Å². The fourth-order valence-electron chi connectivity index (χ4n) is 1.97. The predicted molar refractivity (Wildman–Crippen MR) is 71.9 cm³/mol. The minimum absolute atomic E-state index is 0.436. The Kier molecular flexibility index (Phi) is 3.52. The maximum Gasteiger partial charge on any atom is 0.214 e. The number of aliphatic hydroxyl groups excluding tert-OH is 1. The Morgan fingerprint density at radius 1 is 1.42 bits per heavy atom. The van der Waals surface area contributed by atoms with Crippen LogP contribution in [0.15, 0.2) is 34.3 Å². The molecule has 19 heavy (non-hydrogen) atoms. The number of hydrogen-bond acceptors (Lipinski definition) is 5. The quantitative estimate of drug-likeness (QED) is 0.909. The maximum absolute atomic E-state index is 10.1. The summed E-state index contributed by atoms with van der Waals surface area (Å²) < 4.78 is 1.89.